The van der Waals surface area contributed by atoms with Gasteiger partial charge in [-0.2, -0.15) is 0 Å². The van der Waals surface area contributed by atoms with Gasteiger partial charge in [0.15, 0.2) is 0 Å². The largest absolute Gasteiger partial charge is 0.369 e. The zero-order valence-electron chi connectivity index (χ0n) is 11.9. The molecule has 0 spiro atoms. The molecule has 1 heterocycles. The van der Waals surface area contributed by atoms with Gasteiger partial charge in [0.1, 0.15) is 0 Å². The fourth-order valence-electron chi connectivity index (χ4n) is 2.15. The van der Waals surface area contributed by atoms with Crippen molar-refractivity contribution in [3.8, 4) is 0 Å². The molecule has 5 nitrogen and oxygen atoms in total. The standard InChI is InChI=1S/C14H26N3O2/c1-12(14(15)19)6-7-13(18)16-8-2-3-9-17-10-4-5-11-17/h7,12H,2-6,8-11H2,1H3,(H2,15,19)(H,16,18)/t12-/m0/s1. The van der Waals surface area contributed by atoms with Gasteiger partial charge < -0.3 is 16.0 Å². The summed E-state index contributed by atoms with van der Waals surface area (Å²) in [4.78, 5) is 24.7. The Morgan fingerprint density at radius 3 is 2.63 bits per heavy atom. The average Bonchev–Trinajstić information content (AvgIpc) is 2.88. The quantitative estimate of drug-likeness (QED) is 0.604. The molecule has 5 heteroatoms. The van der Waals surface area contributed by atoms with Crippen LogP contribution in [0.4, 0.5) is 0 Å². The topological polar surface area (TPSA) is 75.4 Å². The summed E-state index contributed by atoms with van der Waals surface area (Å²) >= 11 is 0. The number of carbonyl (C=O) groups is 2. The van der Waals surface area contributed by atoms with E-state index in [1.54, 1.807) is 6.92 Å². The normalized spacial score (nSPS) is 17.3. The lowest BCUT2D eigenvalue weighted by atomic mass is 10.1. The van der Waals surface area contributed by atoms with E-state index in [4.69, 9.17) is 5.73 Å². The number of amides is 2. The molecule has 0 saturated carbocycles. The number of nitrogens with one attached hydrogen (secondary N) is 1. The summed E-state index contributed by atoms with van der Waals surface area (Å²) in [7, 11) is 0. The summed E-state index contributed by atoms with van der Waals surface area (Å²) in [5.41, 5.74) is 5.13. The number of nitrogens with two attached hydrogens (primary N) is 1. The minimum Gasteiger partial charge on any atom is -0.369 e. The summed E-state index contributed by atoms with van der Waals surface area (Å²) in [6, 6.07) is 0. The number of rotatable bonds is 9. The number of carbonyl (C=O) groups excluding carboxylic acids is 2. The van der Waals surface area contributed by atoms with Crippen molar-refractivity contribution in [2.45, 2.75) is 39.0 Å². The van der Waals surface area contributed by atoms with Crippen LogP contribution in [0.25, 0.3) is 0 Å². The van der Waals surface area contributed by atoms with Crippen LogP contribution in [0.1, 0.15) is 39.0 Å². The Morgan fingerprint density at radius 1 is 1.32 bits per heavy atom. The van der Waals surface area contributed by atoms with Crippen molar-refractivity contribution in [3.63, 3.8) is 0 Å². The third-order valence-electron chi connectivity index (χ3n) is 3.54. The molecule has 1 atom stereocenters. The first-order valence-corrected chi connectivity index (χ1v) is 7.22. The minimum atomic E-state index is -0.366. The highest BCUT2D eigenvalue weighted by Gasteiger charge is 2.12. The van der Waals surface area contributed by atoms with E-state index in [-0.39, 0.29) is 17.7 Å². The Kier molecular flexibility index (Phi) is 7.48. The van der Waals surface area contributed by atoms with E-state index in [0.29, 0.717) is 13.0 Å². The summed E-state index contributed by atoms with van der Waals surface area (Å²) in [5, 5.41) is 2.84. The first-order chi connectivity index (χ1) is 9.09. The first kappa shape index (κ1) is 16.0. The first-order valence-electron chi connectivity index (χ1n) is 7.22. The van der Waals surface area contributed by atoms with Crippen molar-refractivity contribution in [1.82, 2.24) is 10.2 Å². The van der Waals surface area contributed by atoms with E-state index in [2.05, 4.69) is 10.2 Å². The van der Waals surface area contributed by atoms with E-state index in [0.717, 1.165) is 19.4 Å². The fourth-order valence-corrected chi connectivity index (χ4v) is 2.15. The lowest BCUT2D eigenvalue weighted by Crippen LogP contribution is -2.28. The third-order valence-corrected chi connectivity index (χ3v) is 3.54. The van der Waals surface area contributed by atoms with Crippen LogP contribution < -0.4 is 11.1 Å². The van der Waals surface area contributed by atoms with Crippen LogP contribution in [0.5, 0.6) is 0 Å². The highest BCUT2D eigenvalue weighted by molar-refractivity contribution is 5.85. The predicted octanol–water partition coefficient (Wildman–Crippen LogP) is 0.694. The molecule has 0 aliphatic carbocycles. The molecule has 1 aliphatic rings. The molecule has 1 aliphatic heterocycles. The van der Waals surface area contributed by atoms with Crippen molar-refractivity contribution < 1.29 is 9.59 Å². The molecule has 109 valence electrons. The van der Waals surface area contributed by atoms with Gasteiger partial charge in [-0.15, -0.1) is 0 Å². The van der Waals surface area contributed by atoms with Gasteiger partial charge in [0.2, 0.25) is 11.8 Å². The lowest BCUT2D eigenvalue weighted by molar-refractivity contribution is -0.121. The number of primary amides is 1. The van der Waals surface area contributed by atoms with Crippen molar-refractivity contribution in [2.75, 3.05) is 26.2 Å². The van der Waals surface area contributed by atoms with Gasteiger partial charge in [-0.05, 0) is 51.7 Å². The molecule has 0 aromatic heterocycles. The smallest absolute Gasteiger partial charge is 0.223 e. The number of likely N-dealkylation sites (tertiary alicyclic amines) is 1. The van der Waals surface area contributed by atoms with Crippen LogP contribution >= 0.6 is 0 Å². The number of unbranched alkanes of at least 4 members (excludes halogenated alkanes) is 1. The molecule has 0 aromatic rings. The van der Waals surface area contributed by atoms with Crippen molar-refractivity contribution in [2.24, 2.45) is 11.7 Å². The summed E-state index contributed by atoms with van der Waals surface area (Å²) in [6.07, 6.45) is 6.69. The molecule has 1 rings (SSSR count). The second-order valence-corrected chi connectivity index (χ2v) is 5.29. The monoisotopic (exact) mass is 268 g/mol. The fraction of sp³-hybridized carbons (Fsp3) is 0.786. The van der Waals surface area contributed by atoms with Crippen molar-refractivity contribution >= 4 is 11.8 Å². The predicted molar refractivity (Wildman–Crippen MR) is 75.2 cm³/mol. The maximum Gasteiger partial charge on any atom is 0.223 e. The van der Waals surface area contributed by atoms with E-state index >= 15 is 0 Å². The highest BCUT2D eigenvalue weighted by atomic mass is 16.2. The Hall–Kier alpha value is -1.10. The number of hydrogen-bond acceptors (Lipinski definition) is 3. The second kappa shape index (κ2) is 8.91. The summed E-state index contributed by atoms with van der Waals surface area (Å²) < 4.78 is 0. The Bertz CT molecular complexity index is 288. The van der Waals surface area contributed by atoms with Gasteiger partial charge in [-0.25, -0.2) is 0 Å². The van der Waals surface area contributed by atoms with E-state index in [9.17, 15) is 9.59 Å². The van der Waals surface area contributed by atoms with E-state index in [1.807, 2.05) is 0 Å². The van der Waals surface area contributed by atoms with Gasteiger partial charge >= 0.3 is 0 Å². The Balaban J connectivity index is 1.93. The molecule has 1 fully saturated rings. The van der Waals surface area contributed by atoms with Crippen LogP contribution in [0, 0.1) is 12.3 Å². The molecule has 0 aromatic carbocycles. The SMILES string of the molecule is C[C@@H](C[CH]C(=O)NCCCCN1CCCC1)C(N)=O. The summed E-state index contributed by atoms with van der Waals surface area (Å²) in [5.74, 6) is -0.746. The van der Waals surface area contributed by atoms with Gasteiger partial charge in [-0.3, -0.25) is 9.59 Å². The van der Waals surface area contributed by atoms with E-state index < -0.39 is 0 Å². The highest BCUT2D eigenvalue weighted by Crippen LogP contribution is 2.08. The number of hydrogen-bond donors (Lipinski definition) is 2. The van der Waals surface area contributed by atoms with E-state index in [1.165, 1.54) is 32.4 Å². The maximum absolute atomic E-state index is 11.5. The Labute approximate surface area is 115 Å². The average molecular weight is 268 g/mol. The third kappa shape index (κ3) is 7.15. The van der Waals surface area contributed by atoms with Crippen LogP contribution in [0.3, 0.4) is 0 Å². The minimum absolute atomic E-state index is 0.103. The molecule has 1 saturated heterocycles. The van der Waals surface area contributed by atoms with Gasteiger partial charge in [0, 0.05) is 12.5 Å². The van der Waals surface area contributed by atoms with Crippen LogP contribution in [-0.4, -0.2) is 42.9 Å². The van der Waals surface area contributed by atoms with Gasteiger partial charge in [0.25, 0.3) is 0 Å². The molecular weight excluding hydrogens is 242 g/mol. The lowest BCUT2D eigenvalue weighted by Gasteiger charge is -2.14. The molecular formula is C14H26N3O2. The number of nitrogens with zero attached hydrogens (tertiary/aromatic N) is 1. The zero-order valence-corrected chi connectivity index (χ0v) is 11.9. The van der Waals surface area contributed by atoms with Gasteiger partial charge in [0.05, 0.1) is 6.42 Å². The van der Waals surface area contributed by atoms with Crippen molar-refractivity contribution in [3.05, 3.63) is 6.42 Å². The molecule has 19 heavy (non-hydrogen) atoms. The maximum atomic E-state index is 11.5. The van der Waals surface area contributed by atoms with Crippen molar-refractivity contribution in [1.29, 1.82) is 0 Å². The molecule has 0 unspecified atom stereocenters. The van der Waals surface area contributed by atoms with Gasteiger partial charge in [-0.1, -0.05) is 6.92 Å². The van der Waals surface area contributed by atoms with Crippen LogP contribution in [0.15, 0.2) is 0 Å². The molecule has 0 bridgehead atoms. The zero-order chi connectivity index (χ0) is 14.1. The second-order valence-electron chi connectivity index (χ2n) is 5.29. The summed E-state index contributed by atoms with van der Waals surface area (Å²) in [6.45, 7) is 6.02. The van der Waals surface area contributed by atoms with Crippen LogP contribution in [0.2, 0.25) is 0 Å². The Morgan fingerprint density at radius 2 is 2.00 bits per heavy atom. The molecule has 1 radical (unpaired) electrons. The van der Waals surface area contributed by atoms with Crippen LogP contribution in [-0.2, 0) is 9.59 Å². The molecule has 3 N–H and O–H groups in total. The molecule has 2 amide bonds.